The monoisotopic (exact) mass is 803 g/mol. The third kappa shape index (κ3) is 9.39. The molecule has 13 nitrogen and oxygen atoms in total. The van der Waals surface area contributed by atoms with E-state index in [4.69, 9.17) is 39.4 Å². The largest absolute Gasteiger partial charge is 0.487 e. The number of quaternary nitrogens is 1. The molecule has 5 N–H and O–H groups in total. The zero-order valence-corrected chi connectivity index (χ0v) is 34.2. The molecule has 0 radical (unpaired) electrons. The van der Waals surface area contributed by atoms with Gasteiger partial charge in [0.25, 0.3) is 5.91 Å². The molecule has 3 aromatic rings. The van der Waals surface area contributed by atoms with Gasteiger partial charge in [0, 0.05) is 60.8 Å². The Morgan fingerprint density at radius 1 is 1.02 bits per heavy atom. The number of aromatic nitrogens is 1. The van der Waals surface area contributed by atoms with Crippen LogP contribution in [0.25, 0.3) is 10.9 Å². The molecule has 1 aromatic heterocycles. The van der Waals surface area contributed by atoms with Gasteiger partial charge < -0.3 is 30.5 Å². The number of halogens is 2. The molecular formula is C38H53Cl2N8O5S+. The summed E-state index contributed by atoms with van der Waals surface area (Å²) in [5.74, 6) is 0.314. The summed E-state index contributed by atoms with van der Waals surface area (Å²) >= 11 is 13.4. The van der Waals surface area contributed by atoms with Crippen LogP contribution in [-0.2, 0) is 26.2 Å². The van der Waals surface area contributed by atoms with Crippen LogP contribution >= 0.6 is 23.2 Å². The maximum atomic E-state index is 14.3. The molecule has 1 saturated heterocycles. The number of hydrogen-bond donors (Lipinski definition) is 3. The molecule has 1 atom stereocenters. The predicted octanol–water partition coefficient (Wildman–Crippen LogP) is 4.52. The maximum absolute atomic E-state index is 14.3. The number of benzene rings is 2. The molecule has 2 fully saturated rings. The number of carbonyl (C=O) groups is 2. The van der Waals surface area contributed by atoms with Gasteiger partial charge in [0.1, 0.15) is 28.3 Å². The lowest BCUT2D eigenvalue weighted by molar-refractivity contribution is -0.887. The number of pyridine rings is 1. The Labute approximate surface area is 328 Å². The van der Waals surface area contributed by atoms with E-state index in [0.29, 0.717) is 86.1 Å². The zero-order valence-electron chi connectivity index (χ0n) is 31.8. The van der Waals surface area contributed by atoms with Crippen LogP contribution in [0.4, 0.5) is 0 Å². The highest BCUT2D eigenvalue weighted by molar-refractivity contribution is 7.89. The minimum absolute atomic E-state index is 0.0341. The van der Waals surface area contributed by atoms with Crippen molar-refractivity contribution >= 4 is 61.9 Å². The fourth-order valence-corrected chi connectivity index (χ4v) is 9.84. The number of fused-ring (bicyclic) bond motifs is 1. The van der Waals surface area contributed by atoms with Gasteiger partial charge in [-0.15, -0.1) is 0 Å². The van der Waals surface area contributed by atoms with Crippen LogP contribution in [0.1, 0.15) is 61.8 Å². The van der Waals surface area contributed by atoms with E-state index in [9.17, 15) is 18.0 Å². The van der Waals surface area contributed by atoms with Crippen molar-refractivity contribution in [3.63, 3.8) is 0 Å². The molecule has 1 aliphatic heterocycles. The Hall–Kier alpha value is -3.69. The number of rotatable bonds is 14. The van der Waals surface area contributed by atoms with E-state index in [1.807, 2.05) is 58.1 Å². The van der Waals surface area contributed by atoms with Crippen LogP contribution in [0.3, 0.4) is 0 Å². The topological polar surface area (TPSA) is 173 Å². The quantitative estimate of drug-likeness (QED) is 0.0924. The summed E-state index contributed by atoms with van der Waals surface area (Å²) in [5, 5.41) is 1.11. The number of nitrogens with two attached hydrogens (primary N) is 2. The average Bonchev–Trinajstić information content (AvgIpc) is 3.57. The van der Waals surface area contributed by atoms with Gasteiger partial charge in [-0.05, 0) is 69.4 Å². The van der Waals surface area contributed by atoms with Gasteiger partial charge in [-0.2, -0.15) is 4.72 Å². The van der Waals surface area contributed by atoms with Crippen LogP contribution in [0.5, 0.6) is 5.75 Å². The van der Waals surface area contributed by atoms with Gasteiger partial charge in [0.15, 0.2) is 12.0 Å². The van der Waals surface area contributed by atoms with Gasteiger partial charge in [-0.1, -0.05) is 48.2 Å². The Morgan fingerprint density at radius 3 is 2.33 bits per heavy atom. The number of unbranched alkanes of at least 4 members (excludes halogenated alkanes) is 1. The summed E-state index contributed by atoms with van der Waals surface area (Å²) in [6.07, 6.45) is 4.30. The number of aryl methyl sites for hydroxylation is 2. The molecule has 2 aromatic carbocycles. The van der Waals surface area contributed by atoms with Crippen LogP contribution < -0.4 is 20.9 Å². The number of guanidine groups is 1. The molecule has 1 aliphatic carbocycles. The molecular weight excluding hydrogens is 751 g/mol. The lowest BCUT2D eigenvalue weighted by Crippen LogP contribution is -2.63. The fraction of sp³-hybridized carbons (Fsp3) is 0.526. The van der Waals surface area contributed by atoms with E-state index in [0.717, 1.165) is 29.5 Å². The number of para-hydroxylation sites is 1. The molecule has 54 heavy (non-hydrogen) atoms. The first-order valence-corrected chi connectivity index (χ1v) is 20.6. The summed E-state index contributed by atoms with van der Waals surface area (Å²) in [6, 6.07) is 10.2. The van der Waals surface area contributed by atoms with Gasteiger partial charge in [-0.3, -0.25) is 14.6 Å². The molecule has 5 rings (SSSR count). The van der Waals surface area contributed by atoms with Crippen molar-refractivity contribution < 1.29 is 27.2 Å². The van der Waals surface area contributed by atoms with Crippen molar-refractivity contribution in [3.8, 4) is 5.75 Å². The van der Waals surface area contributed by atoms with Gasteiger partial charge in [-0.25, -0.2) is 13.4 Å². The number of likely N-dealkylation sites (N-methyl/N-ethyl adjacent to an activating group) is 1. The molecule has 2 heterocycles. The lowest BCUT2D eigenvalue weighted by atomic mass is 9.96. The number of nitrogens with one attached hydrogen (secondary N) is 1. The van der Waals surface area contributed by atoms with Crippen LogP contribution in [0.15, 0.2) is 46.3 Å². The van der Waals surface area contributed by atoms with Gasteiger partial charge in [0.05, 0.1) is 26.2 Å². The number of sulfonamides is 1. The standard InChI is InChI=1S/C38H53Cl2N8O5S/c1-25-23-26(2)44-34-27(25)11-10-13-31(34)53-24-28-29(39)14-15-32(33(28)40)54(51,52)45-38(16-7-8-17-38)36(50)47-21-19-46(20-22-47)35(49)30(48(3,4)5)12-6-9-18-43-37(41)42/h10-11,13-15,23,30,45H,6-9,12,16-22,24H2,1-5H3,(H4,41,42,43)/q+1/t30-/m0/s1. The van der Waals surface area contributed by atoms with E-state index in [2.05, 4.69) is 14.7 Å². The summed E-state index contributed by atoms with van der Waals surface area (Å²) < 4.78 is 37.7. The Kier molecular flexibility index (Phi) is 13.0. The highest BCUT2D eigenvalue weighted by Gasteiger charge is 2.48. The Bertz CT molecular complexity index is 2000. The van der Waals surface area contributed by atoms with E-state index in [1.165, 1.54) is 12.1 Å². The number of hydrogen-bond acceptors (Lipinski definition) is 7. The number of aliphatic imine (C=N–C) groups is 1. The van der Waals surface area contributed by atoms with E-state index in [-0.39, 0.29) is 45.4 Å². The second kappa shape index (κ2) is 17.0. The zero-order chi connectivity index (χ0) is 39.4. The van der Waals surface area contributed by atoms with Crippen LogP contribution in [0.2, 0.25) is 10.0 Å². The molecule has 0 bridgehead atoms. The molecule has 1 saturated carbocycles. The number of ether oxygens (including phenoxy) is 1. The second-order valence-electron chi connectivity index (χ2n) is 15.3. The highest BCUT2D eigenvalue weighted by Crippen LogP contribution is 2.37. The number of amides is 2. The average molecular weight is 805 g/mol. The van der Waals surface area contributed by atoms with Crippen molar-refractivity contribution in [3.05, 3.63) is 63.3 Å². The van der Waals surface area contributed by atoms with Gasteiger partial charge >= 0.3 is 0 Å². The van der Waals surface area contributed by atoms with Crippen LogP contribution in [-0.4, -0.2) is 111 Å². The van der Waals surface area contributed by atoms with Crippen molar-refractivity contribution in [1.29, 1.82) is 0 Å². The predicted molar refractivity (Wildman–Crippen MR) is 213 cm³/mol. The first kappa shape index (κ1) is 41.5. The minimum atomic E-state index is -4.30. The number of carbonyl (C=O) groups excluding carboxylic acids is 2. The van der Waals surface area contributed by atoms with Crippen molar-refractivity contribution in [2.45, 2.75) is 81.9 Å². The fourth-order valence-electron chi connectivity index (χ4n) is 7.53. The normalized spacial score (nSPS) is 16.7. The summed E-state index contributed by atoms with van der Waals surface area (Å²) in [5.41, 5.74) is 12.4. The minimum Gasteiger partial charge on any atom is -0.487 e. The first-order chi connectivity index (χ1) is 25.4. The van der Waals surface area contributed by atoms with Crippen molar-refractivity contribution in [2.75, 3.05) is 53.9 Å². The second-order valence-corrected chi connectivity index (χ2v) is 17.7. The smallest absolute Gasteiger partial charge is 0.281 e. The maximum Gasteiger partial charge on any atom is 0.281 e. The van der Waals surface area contributed by atoms with Crippen molar-refractivity contribution in [1.82, 2.24) is 19.5 Å². The Balaban J connectivity index is 1.28. The summed E-state index contributed by atoms with van der Waals surface area (Å²) in [7, 11) is 1.71. The number of piperazine rings is 1. The first-order valence-electron chi connectivity index (χ1n) is 18.4. The van der Waals surface area contributed by atoms with E-state index < -0.39 is 15.6 Å². The number of nitrogens with zero attached hydrogens (tertiary/aromatic N) is 5. The molecule has 16 heteroatoms. The molecule has 0 spiro atoms. The molecule has 2 aliphatic rings. The summed E-state index contributed by atoms with van der Waals surface area (Å²) in [6.45, 7) is 5.63. The van der Waals surface area contributed by atoms with E-state index in [1.54, 1.807) is 11.0 Å². The third-order valence-corrected chi connectivity index (χ3v) is 12.9. The van der Waals surface area contributed by atoms with Crippen LogP contribution in [0, 0.1) is 13.8 Å². The molecule has 0 unspecified atom stereocenters. The SMILES string of the molecule is Cc1cc(C)c2cccc(OCc3c(Cl)ccc(S(=O)(=O)NC4(C(=O)N5CCN(C(=O)[C@H](CCCCN=C(N)N)[N+](C)(C)C)CC5)CCCC4)c3Cl)c2n1. The third-order valence-electron chi connectivity index (χ3n) is 10.4. The Morgan fingerprint density at radius 2 is 1.69 bits per heavy atom. The lowest BCUT2D eigenvalue weighted by Gasteiger charge is -2.42. The molecule has 294 valence electrons. The van der Waals surface area contributed by atoms with Crippen molar-refractivity contribution in [2.24, 2.45) is 16.5 Å². The highest BCUT2D eigenvalue weighted by atomic mass is 35.5. The van der Waals surface area contributed by atoms with Gasteiger partial charge in [0.2, 0.25) is 15.9 Å². The summed E-state index contributed by atoms with van der Waals surface area (Å²) in [4.78, 5) is 40.0. The van der Waals surface area contributed by atoms with E-state index >= 15 is 0 Å². The molecule has 2 amide bonds.